The quantitative estimate of drug-likeness (QED) is 0.506. The molecule has 6 atom stereocenters. The van der Waals surface area contributed by atoms with Crippen LogP contribution in [-0.2, 0) is 14.4 Å². The normalized spacial score (nSPS) is 33.5. The van der Waals surface area contributed by atoms with Crippen molar-refractivity contribution in [3.8, 4) is 0 Å². The Bertz CT molecular complexity index is 438. The summed E-state index contributed by atoms with van der Waals surface area (Å²) in [5, 5.41) is 30.7. The van der Waals surface area contributed by atoms with E-state index in [1.807, 2.05) is 0 Å². The summed E-state index contributed by atoms with van der Waals surface area (Å²) in [4.78, 5) is 30.7. The summed E-state index contributed by atoms with van der Waals surface area (Å²) in [5.74, 6) is -1.27. The molecule has 0 aromatic rings. The first-order valence-corrected chi connectivity index (χ1v) is 10.2. The van der Waals surface area contributed by atoms with Crippen LogP contribution in [0.15, 0.2) is 0 Å². The van der Waals surface area contributed by atoms with E-state index in [0.717, 1.165) is 57.8 Å². The van der Waals surface area contributed by atoms with E-state index in [-0.39, 0.29) is 42.2 Å². The van der Waals surface area contributed by atoms with E-state index in [1.165, 1.54) is 0 Å². The minimum absolute atomic E-state index is 0. The molecule has 3 rings (SSSR count). The number of carboxylic acids is 3. The second-order valence-corrected chi connectivity index (χ2v) is 8.80. The van der Waals surface area contributed by atoms with Gasteiger partial charge in [0.15, 0.2) is 0 Å². The van der Waals surface area contributed by atoms with Gasteiger partial charge in [-0.05, 0) is 74.0 Å². The second kappa shape index (κ2) is 13.5. The number of rotatable bonds is 3. The Balaban J connectivity index is 0.000000384. The van der Waals surface area contributed by atoms with E-state index in [0.29, 0.717) is 17.8 Å². The number of hydrogen-bond acceptors (Lipinski definition) is 6. The number of hydrogen-bond donors (Lipinski definition) is 0. The molecule has 6 unspecified atom stereocenters. The molecular formula is C21H33O6Sb. The maximum atomic E-state index is 10.2. The van der Waals surface area contributed by atoms with Crippen molar-refractivity contribution >= 4 is 42.3 Å². The number of aliphatic carboxylic acids is 3. The first-order valence-electron chi connectivity index (χ1n) is 10.2. The Kier molecular flexibility index (Phi) is 13.1. The Morgan fingerprint density at radius 1 is 0.536 bits per heavy atom. The molecule has 0 amide bonds. The van der Waals surface area contributed by atoms with Crippen molar-refractivity contribution < 1.29 is 29.7 Å². The Morgan fingerprint density at radius 2 is 0.750 bits per heavy atom. The summed E-state index contributed by atoms with van der Waals surface area (Å²) in [7, 11) is 0. The van der Waals surface area contributed by atoms with Crippen molar-refractivity contribution in [3.05, 3.63) is 0 Å². The van der Waals surface area contributed by atoms with E-state index < -0.39 is 17.9 Å². The van der Waals surface area contributed by atoms with Gasteiger partial charge in [-0.2, -0.15) is 0 Å². The van der Waals surface area contributed by atoms with Crippen LogP contribution in [0.1, 0.15) is 78.6 Å². The molecule has 0 saturated heterocycles. The fourth-order valence-corrected chi connectivity index (χ4v) is 4.26. The Morgan fingerprint density at radius 3 is 0.821 bits per heavy atom. The molecule has 0 aromatic heterocycles. The summed E-state index contributed by atoms with van der Waals surface area (Å²) in [6.45, 7) is 6.26. The van der Waals surface area contributed by atoms with Gasteiger partial charge in [0.2, 0.25) is 0 Å². The van der Waals surface area contributed by atoms with Crippen molar-refractivity contribution in [2.75, 3.05) is 0 Å². The predicted octanol–water partition coefficient (Wildman–Crippen LogP) is 0.137. The van der Waals surface area contributed by atoms with E-state index >= 15 is 0 Å². The molecule has 0 spiro atoms. The molecule has 0 heterocycles. The summed E-state index contributed by atoms with van der Waals surface area (Å²) >= 11 is 0. The van der Waals surface area contributed by atoms with Crippen molar-refractivity contribution in [2.24, 2.45) is 35.5 Å². The molecular weight excluding hydrogens is 470 g/mol. The fraction of sp³-hybridized carbons (Fsp3) is 0.857. The van der Waals surface area contributed by atoms with Crippen LogP contribution in [0.2, 0.25) is 0 Å². The smallest absolute Gasteiger partial charge is 0.550 e. The average molecular weight is 503 g/mol. The summed E-state index contributed by atoms with van der Waals surface area (Å²) in [6, 6.07) is 0. The van der Waals surface area contributed by atoms with Gasteiger partial charge in [-0.15, -0.1) is 0 Å². The third kappa shape index (κ3) is 10.1. The number of carbonyl (C=O) groups excluding carboxylic acids is 3. The van der Waals surface area contributed by atoms with Crippen molar-refractivity contribution in [1.82, 2.24) is 0 Å². The first-order chi connectivity index (χ1) is 12.6. The van der Waals surface area contributed by atoms with Crippen LogP contribution in [0, 0.1) is 35.5 Å². The third-order valence-electron chi connectivity index (χ3n) is 6.08. The summed E-state index contributed by atoms with van der Waals surface area (Å²) < 4.78 is 0. The Labute approximate surface area is 185 Å². The molecule has 3 aliphatic carbocycles. The van der Waals surface area contributed by atoms with E-state index in [4.69, 9.17) is 0 Å². The minimum Gasteiger partial charge on any atom is -0.550 e. The van der Waals surface area contributed by atoms with Crippen LogP contribution >= 0.6 is 0 Å². The van der Waals surface area contributed by atoms with Crippen LogP contribution in [0.25, 0.3) is 0 Å². The monoisotopic (exact) mass is 502 g/mol. The van der Waals surface area contributed by atoms with Gasteiger partial charge in [0, 0.05) is 17.9 Å². The largest absolute Gasteiger partial charge is 3.00 e. The molecule has 6 nitrogen and oxygen atoms in total. The van der Waals surface area contributed by atoms with E-state index in [1.54, 1.807) is 0 Å². The SMILES string of the molecule is CC1CCC(C(=O)[O-])C1.CC1CCC(C(=O)[O-])C1.CC1CCC(C(=O)[O-])C1.[Sb+3]. The van der Waals surface area contributed by atoms with E-state index in [2.05, 4.69) is 20.8 Å². The van der Waals surface area contributed by atoms with Crippen molar-refractivity contribution in [2.45, 2.75) is 78.6 Å². The van der Waals surface area contributed by atoms with Gasteiger partial charge in [0.25, 0.3) is 0 Å². The number of carbonyl (C=O) groups is 3. The third-order valence-corrected chi connectivity index (χ3v) is 6.08. The topological polar surface area (TPSA) is 120 Å². The van der Waals surface area contributed by atoms with E-state index in [9.17, 15) is 29.7 Å². The van der Waals surface area contributed by atoms with Crippen LogP contribution in [-0.4, -0.2) is 42.3 Å². The standard InChI is InChI=1S/3C7H12O2.Sb/c3*1-5-2-3-6(4-5)7(8)9;/h3*5-6H,2-4H2,1H3,(H,8,9);/q;;;+3/p-3. The summed E-state index contributed by atoms with van der Waals surface area (Å²) in [5.41, 5.74) is 0. The predicted molar refractivity (Wildman–Crippen MR) is 100 cm³/mol. The average Bonchev–Trinajstić information content (AvgIpc) is 3.30. The van der Waals surface area contributed by atoms with Crippen LogP contribution < -0.4 is 15.3 Å². The first kappa shape index (κ1) is 27.2. The summed E-state index contributed by atoms with van der Waals surface area (Å²) in [6.07, 6.45) is 8.10. The van der Waals surface area contributed by atoms with Crippen LogP contribution in [0.4, 0.5) is 0 Å². The maximum Gasteiger partial charge on any atom is 3.00 e. The molecule has 7 heteroatoms. The molecule has 0 aromatic carbocycles. The van der Waals surface area contributed by atoms with Crippen LogP contribution in [0.5, 0.6) is 0 Å². The zero-order valence-electron chi connectivity index (χ0n) is 17.2. The number of carboxylic acid groups (broad SMARTS) is 3. The van der Waals surface area contributed by atoms with Crippen LogP contribution in [0.3, 0.4) is 0 Å². The van der Waals surface area contributed by atoms with Gasteiger partial charge in [-0.1, -0.05) is 40.0 Å². The van der Waals surface area contributed by atoms with Crippen molar-refractivity contribution in [1.29, 1.82) is 0 Å². The van der Waals surface area contributed by atoms with Gasteiger partial charge in [-0.3, -0.25) is 0 Å². The maximum absolute atomic E-state index is 10.2. The Hall–Kier alpha value is -0.772. The molecule has 0 bridgehead atoms. The van der Waals surface area contributed by atoms with Gasteiger partial charge in [0.05, 0.1) is 0 Å². The van der Waals surface area contributed by atoms with Gasteiger partial charge >= 0.3 is 24.4 Å². The minimum atomic E-state index is -0.862. The zero-order chi connectivity index (χ0) is 20.6. The molecule has 0 aliphatic heterocycles. The molecule has 3 fully saturated rings. The molecule has 0 N–H and O–H groups in total. The molecule has 158 valence electrons. The molecule has 2 radical (unpaired) electrons. The molecule has 3 aliphatic rings. The van der Waals surface area contributed by atoms with Gasteiger partial charge < -0.3 is 29.7 Å². The second-order valence-electron chi connectivity index (χ2n) is 8.80. The fourth-order valence-electron chi connectivity index (χ4n) is 4.26. The molecule has 3 saturated carbocycles. The van der Waals surface area contributed by atoms with Crippen molar-refractivity contribution in [3.63, 3.8) is 0 Å². The van der Waals surface area contributed by atoms with Gasteiger partial charge in [0.1, 0.15) is 0 Å². The molecule has 28 heavy (non-hydrogen) atoms. The zero-order valence-corrected chi connectivity index (χ0v) is 19.8. The van der Waals surface area contributed by atoms with Gasteiger partial charge in [-0.25, -0.2) is 0 Å².